The van der Waals surface area contributed by atoms with Gasteiger partial charge in [0.2, 0.25) is 0 Å². The predicted octanol–water partition coefficient (Wildman–Crippen LogP) is 1.95. The highest BCUT2D eigenvalue weighted by molar-refractivity contribution is 6.30. The Morgan fingerprint density at radius 2 is 2.08 bits per heavy atom. The quantitative estimate of drug-likeness (QED) is 0.784. The van der Waals surface area contributed by atoms with E-state index >= 15 is 0 Å². The molecule has 1 fully saturated rings. The lowest BCUT2D eigenvalue weighted by atomic mass is 9.89. The van der Waals surface area contributed by atoms with Gasteiger partial charge in [-0.3, -0.25) is 0 Å². The molecule has 0 aliphatic carbocycles. The average molecular weight is 220 g/mol. The van der Waals surface area contributed by atoms with Crippen LogP contribution < -0.4 is 5.73 Å². The van der Waals surface area contributed by atoms with E-state index < -0.39 is 0 Å². The van der Waals surface area contributed by atoms with Crippen molar-refractivity contribution in [3.8, 4) is 0 Å². The highest BCUT2D eigenvalue weighted by atomic mass is 35.5. The Kier molecular flexibility index (Phi) is 3.19. The average Bonchev–Trinajstić information content (AvgIpc) is 2.00. The van der Waals surface area contributed by atoms with Gasteiger partial charge in [-0.25, -0.2) is 0 Å². The second kappa shape index (κ2) is 3.84. The number of benzene rings is 1. The van der Waals surface area contributed by atoms with Crippen LogP contribution in [-0.4, -0.2) is 13.2 Å². The fourth-order valence-electron chi connectivity index (χ4n) is 1.29. The molecule has 0 saturated carbocycles. The van der Waals surface area contributed by atoms with Gasteiger partial charge < -0.3 is 10.5 Å². The van der Waals surface area contributed by atoms with Crippen LogP contribution in [0.4, 0.5) is 0 Å². The third-order valence-corrected chi connectivity index (χ3v) is 2.35. The monoisotopic (exact) mass is 219 g/mol. The topological polar surface area (TPSA) is 35.2 Å². The summed E-state index contributed by atoms with van der Waals surface area (Å²) in [5, 5.41) is 0.726. The van der Waals surface area contributed by atoms with Gasteiger partial charge in [0.25, 0.3) is 0 Å². The summed E-state index contributed by atoms with van der Waals surface area (Å²) in [6, 6.07) is 7.62. The summed E-state index contributed by atoms with van der Waals surface area (Å²) in [4.78, 5) is 0. The third kappa shape index (κ3) is 1.97. The van der Waals surface area contributed by atoms with E-state index in [1.807, 2.05) is 24.3 Å². The standard InChI is InChI=1S/C9H10ClNO.ClH/c10-8-3-1-2-7(4-8)9(11)5-12-6-9;/h1-4H,5-6,11H2;1H. The highest BCUT2D eigenvalue weighted by Crippen LogP contribution is 2.27. The van der Waals surface area contributed by atoms with Crippen LogP contribution in [0.5, 0.6) is 0 Å². The first-order valence-electron chi connectivity index (χ1n) is 3.83. The SMILES string of the molecule is Cl.NC1(c2cccc(Cl)c2)COC1. The number of hydrogen-bond acceptors (Lipinski definition) is 2. The van der Waals surface area contributed by atoms with Gasteiger partial charge in [0, 0.05) is 5.02 Å². The molecule has 2 nitrogen and oxygen atoms in total. The van der Waals surface area contributed by atoms with Crippen molar-refractivity contribution in [2.45, 2.75) is 5.54 Å². The summed E-state index contributed by atoms with van der Waals surface area (Å²) in [5.41, 5.74) is 6.77. The van der Waals surface area contributed by atoms with Crippen LogP contribution in [0.2, 0.25) is 5.02 Å². The number of halogens is 2. The molecular weight excluding hydrogens is 209 g/mol. The van der Waals surface area contributed by atoms with Crippen LogP contribution in [-0.2, 0) is 10.3 Å². The molecule has 0 unspecified atom stereocenters. The number of ether oxygens (including phenoxy) is 1. The van der Waals surface area contributed by atoms with Crippen molar-refractivity contribution >= 4 is 24.0 Å². The summed E-state index contributed by atoms with van der Waals surface area (Å²) in [6.07, 6.45) is 0. The van der Waals surface area contributed by atoms with E-state index in [1.165, 1.54) is 0 Å². The lowest BCUT2D eigenvalue weighted by Crippen LogP contribution is -2.54. The molecule has 0 amide bonds. The van der Waals surface area contributed by atoms with E-state index in [0.29, 0.717) is 13.2 Å². The van der Waals surface area contributed by atoms with E-state index in [-0.39, 0.29) is 17.9 Å². The smallest absolute Gasteiger partial charge is 0.0884 e. The molecule has 1 aromatic carbocycles. The lowest BCUT2D eigenvalue weighted by Gasteiger charge is -2.38. The number of hydrogen-bond donors (Lipinski definition) is 1. The maximum atomic E-state index is 6.01. The number of nitrogens with two attached hydrogens (primary N) is 1. The molecule has 1 heterocycles. The summed E-state index contributed by atoms with van der Waals surface area (Å²) >= 11 is 5.84. The molecule has 0 aromatic heterocycles. The van der Waals surface area contributed by atoms with Crippen LogP contribution in [0.15, 0.2) is 24.3 Å². The summed E-state index contributed by atoms with van der Waals surface area (Å²) in [6.45, 7) is 1.18. The normalized spacial score (nSPS) is 18.6. The Hall–Kier alpha value is -0.280. The molecule has 1 aromatic rings. The first-order chi connectivity index (χ1) is 5.71. The molecule has 0 atom stereocenters. The second-order valence-electron chi connectivity index (χ2n) is 3.16. The molecule has 1 saturated heterocycles. The van der Waals surface area contributed by atoms with Gasteiger partial charge in [-0.2, -0.15) is 0 Å². The van der Waals surface area contributed by atoms with E-state index in [1.54, 1.807) is 0 Å². The molecule has 1 aliphatic rings. The maximum absolute atomic E-state index is 6.01. The van der Waals surface area contributed by atoms with Crippen molar-refractivity contribution in [2.75, 3.05) is 13.2 Å². The van der Waals surface area contributed by atoms with Crippen molar-refractivity contribution in [1.82, 2.24) is 0 Å². The third-order valence-electron chi connectivity index (χ3n) is 2.12. The van der Waals surface area contributed by atoms with Crippen LogP contribution in [0, 0.1) is 0 Å². The van der Waals surface area contributed by atoms with Crippen molar-refractivity contribution in [3.63, 3.8) is 0 Å². The van der Waals surface area contributed by atoms with Gasteiger partial charge in [-0.05, 0) is 17.7 Å². The van der Waals surface area contributed by atoms with Gasteiger partial charge in [-0.15, -0.1) is 12.4 Å². The fraction of sp³-hybridized carbons (Fsp3) is 0.333. The van der Waals surface area contributed by atoms with Crippen LogP contribution in [0.1, 0.15) is 5.56 Å². The van der Waals surface area contributed by atoms with Crippen LogP contribution in [0.25, 0.3) is 0 Å². The Labute approximate surface area is 88.4 Å². The van der Waals surface area contributed by atoms with Gasteiger partial charge in [0.1, 0.15) is 0 Å². The molecular formula is C9H11Cl2NO. The minimum atomic E-state index is -0.301. The first-order valence-corrected chi connectivity index (χ1v) is 4.21. The molecule has 0 spiro atoms. The Morgan fingerprint density at radius 3 is 2.54 bits per heavy atom. The Balaban J connectivity index is 0.000000845. The lowest BCUT2D eigenvalue weighted by molar-refractivity contribution is -0.0569. The Morgan fingerprint density at radius 1 is 1.38 bits per heavy atom. The summed E-state index contributed by atoms with van der Waals surface area (Å²) in [5.74, 6) is 0. The maximum Gasteiger partial charge on any atom is 0.0884 e. The highest BCUT2D eigenvalue weighted by Gasteiger charge is 2.35. The molecule has 1 aliphatic heterocycles. The molecule has 0 bridgehead atoms. The largest absolute Gasteiger partial charge is 0.377 e. The van der Waals surface area contributed by atoms with Gasteiger partial charge >= 0.3 is 0 Å². The van der Waals surface area contributed by atoms with Crippen molar-refractivity contribution in [3.05, 3.63) is 34.9 Å². The zero-order chi connectivity index (χ0) is 8.60. The van der Waals surface area contributed by atoms with Gasteiger partial charge in [-0.1, -0.05) is 23.7 Å². The second-order valence-corrected chi connectivity index (χ2v) is 3.60. The van der Waals surface area contributed by atoms with E-state index in [0.717, 1.165) is 10.6 Å². The van der Waals surface area contributed by atoms with Crippen molar-refractivity contribution < 1.29 is 4.74 Å². The first kappa shape index (κ1) is 10.8. The Bertz CT molecular complexity index is 299. The van der Waals surface area contributed by atoms with Crippen molar-refractivity contribution in [1.29, 1.82) is 0 Å². The molecule has 0 radical (unpaired) electrons. The van der Waals surface area contributed by atoms with E-state index in [4.69, 9.17) is 22.1 Å². The summed E-state index contributed by atoms with van der Waals surface area (Å²) < 4.78 is 5.06. The summed E-state index contributed by atoms with van der Waals surface area (Å²) in [7, 11) is 0. The zero-order valence-corrected chi connectivity index (χ0v) is 8.57. The predicted molar refractivity (Wildman–Crippen MR) is 55.4 cm³/mol. The van der Waals surface area contributed by atoms with Crippen molar-refractivity contribution in [2.24, 2.45) is 5.73 Å². The molecule has 72 valence electrons. The fourth-order valence-corrected chi connectivity index (χ4v) is 1.48. The molecule has 4 heteroatoms. The molecule has 13 heavy (non-hydrogen) atoms. The van der Waals surface area contributed by atoms with E-state index in [2.05, 4.69) is 0 Å². The van der Waals surface area contributed by atoms with Gasteiger partial charge in [0.15, 0.2) is 0 Å². The minimum Gasteiger partial charge on any atom is -0.377 e. The van der Waals surface area contributed by atoms with E-state index in [9.17, 15) is 0 Å². The minimum absolute atomic E-state index is 0. The number of rotatable bonds is 1. The van der Waals surface area contributed by atoms with Crippen LogP contribution >= 0.6 is 24.0 Å². The van der Waals surface area contributed by atoms with Crippen LogP contribution in [0.3, 0.4) is 0 Å². The van der Waals surface area contributed by atoms with Gasteiger partial charge in [0.05, 0.1) is 18.8 Å². The zero-order valence-electron chi connectivity index (χ0n) is 7.00. The molecule has 2 rings (SSSR count). The molecule has 2 N–H and O–H groups in total.